The van der Waals surface area contributed by atoms with E-state index in [0.717, 1.165) is 65.1 Å². The Morgan fingerprint density at radius 3 is 2.50 bits per heavy atom. The molecule has 2 fully saturated rings. The van der Waals surface area contributed by atoms with Gasteiger partial charge < -0.3 is 14.6 Å². The fourth-order valence-electron chi connectivity index (χ4n) is 8.75. The third-order valence-corrected chi connectivity index (χ3v) is 12.4. The smallest absolute Gasteiger partial charge is 0.355 e. The molecule has 0 bridgehead atoms. The molecule has 1 saturated carbocycles. The Bertz CT molecular complexity index is 2170. The van der Waals surface area contributed by atoms with Crippen LogP contribution in [0.25, 0.3) is 21.3 Å². The zero-order chi connectivity index (χ0) is 35.8. The van der Waals surface area contributed by atoms with Crippen LogP contribution in [0.3, 0.4) is 0 Å². The highest BCUT2D eigenvalue weighted by molar-refractivity contribution is 7.22. The van der Waals surface area contributed by atoms with Crippen molar-refractivity contribution in [3.8, 4) is 17.2 Å². The summed E-state index contributed by atoms with van der Waals surface area (Å²) in [6.07, 6.45) is 10.3. The van der Waals surface area contributed by atoms with E-state index in [9.17, 15) is 20.0 Å². The Labute approximate surface area is 307 Å². The molecule has 0 spiro atoms. The lowest BCUT2D eigenvalue weighted by molar-refractivity contribution is 0.0191. The first-order valence-corrected chi connectivity index (χ1v) is 19.3. The summed E-state index contributed by atoms with van der Waals surface area (Å²) in [7, 11) is 0. The van der Waals surface area contributed by atoms with Gasteiger partial charge in [0.15, 0.2) is 10.8 Å². The summed E-state index contributed by atoms with van der Waals surface area (Å²) in [5.74, 6) is -0.805. The molecule has 10 nitrogen and oxygen atoms in total. The maximum Gasteiger partial charge on any atom is 0.355 e. The minimum absolute atomic E-state index is 0.0117. The Kier molecular flexibility index (Phi) is 9.28. The number of aromatic nitrogens is 3. The van der Waals surface area contributed by atoms with E-state index >= 15 is 0 Å². The summed E-state index contributed by atoms with van der Waals surface area (Å²) in [5.41, 5.74) is 6.05. The van der Waals surface area contributed by atoms with Crippen LogP contribution in [0.4, 0.5) is 10.9 Å². The number of rotatable bonds is 8. The molecule has 52 heavy (non-hydrogen) atoms. The van der Waals surface area contributed by atoms with Gasteiger partial charge in [-0.2, -0.15) is 5.26 Å². The molecule has 1 aliphatic carbocycles. The van der Waals surface area contributed by atoms with Crippen LogP contribution in [0, 0.1) is 18.3 Å². The first kappa shape index (κ1) is 34.1. The molecule has 1 amide bonds. The van der Waals surface area contributed by atoms with Crippen molar-refractivity contribution in [2.75, 3.05) is 29.9 Å². The van der Waals surface area contributed by atoms with E-state index in [-0.39, 0.29) is 17.1 Å². The molecule has 3 aromatic heterocycles. The molecule has 5 aromatic rings. The van der Waals surface area contributed by atoms with E-state index in [1.165, 1.54) is 49.9 Å². The number of carboxylic acids is 1. The first-order valence-electron chi connectivity index (χ1n) is 18.5. The van der Waals surface area contributed by atoms with Crippen molar-refractivity contribution in [3.63, 3.8) is 0 Å². The standard InChI is InChI=1S/C41H43N7O3S/c1-27-32(23-29(24-42)48(27)26-41(18-6-2-7-19-41)47-20-8-3-9-21-47)30-15-16-36(44-37(30)39(50)51)46-22-17-28-11-10-12-31(33(28)25-46)38(49)45-40-43-34-13-4-5-14-35(34)52-40/h4-5,10-16,23H,2-3,6-9,17-22,25-26H2,1H3,(H,50,51)(H,43,45,49). The number of nitrogens with one attached hydrogen (secondary N) is 1. The molecular formula is C41H43N7O3S. The number of fused-ring (bicyclic) bond motifs is 2. The van der Waals surface area contributed by atoms with E-state index in [2.05, 4.69) is 25.8 Å². The number of nitriles is 1. The Balaban J connectivity index is 1.08. The van der Waals surface area contributed by atoms with Gasteiger partial charge in [-0.1, -0.05) is 61.3 Å². The zero-order valence-electron chi connectivity index (χ0n) is 29.5. The van der Waals surface area contributed by atoms with Gasteiger partial charge >= 0.3 is 5.97 Å². The van der Waals surface area contributed by atoms with Crippen LogP contribution >= 0.6 is 11.3 Å². The normalized spacial score (nSPS) is 17.4. The van der Waals surface area contributed by atoms with Crippen LogP contribution < -0.4 is 10.2 Å². The molecule has 5 heterocycles. The van der Waals surface area contributed by atoms with Gasteiger partial charge in [-0.25, -0.2) is 14.8 Å². The molecule has 266 valence electrons. The highest BCUT2D eigenvalue weighted by atomic mass is 32.1. The summed E-state index contributed by atoms with van der Waals surface area (Å²) in [5, 5.41) is 24.4. The van der Waals surface area contributed by atoms with Gasteiger partial charge in [0.1, 0.15) is 17.6 Å². The number of carboxylic acid groups (broad SMARTS) is 1. The van der Waals surface area contributed by atoms with E-state index in [1.54, 1.807) is 0 Å². The Hall–Kier alpha value is -5.05. The summed E-state index contributed by atoms with van der Waals surface area (Å²) in [6.45, 7) is 5.98. The topological polar surface area (TPSA) is 127 Å². The van der Waals surface area contributed by atoms with Crippen LogP contribution in [-0.4, -0.2) is 61.6 Å². The number of carbonyl (C=O) groups excluding carboxylic acids is 1. The average molecular weight is 714 g/mol. The number of hydrogen-bond donors (Lipinski definition) is 2. The number of nitrogens with zero attached hydrogens (tertiary/aromatic N) is 6. The SMILES string of the molecule is Cc1c(-c2ccc(N3CCc4cccc(C(=O)Nc5nc6ccccc6s5)c4C3)nc2C(=O)O)cc(C#N)n1CC1(N2CCCCC2)CCCCC1. The number of likely N-dealkylation sites (tertiary alicyclic amines) is 1. The maximum atomic E-state index is 13.6. The monoisotopic (exact) mass is 713 g/mol. The Morgan fingerprint density at radius 1 is 0.942 bits per heavy atom. The minimum atomic E-state index is -1.12. The van der Waals surface area contributed by atoms with Gasteiger partial charge in [0, 0.05) is 47.6 Å². The molecular weight excluding hydrogens is 671 g/mol. The largest absolute Gasteiger partial charge is 0.476 e. The van der Waals surface area contributed by atoms with Gasteiger partial charge in [0.2, 0.25) is 0 Å². The van der Waals surface area contributed by atoms with Crippen LogP contribution in [0.1, 0.15) is 94.7 Å². The van der Waals surface area contributed by atoms with Crippen molar-refractivity contribution in [1.29, 1.82) is 5.26 Å². The number of aromatic carboxylic acids is 1. The molecule has 8 rings (SSSR count). The van der Waals surface area contributed by atoms with Crippen molar-refractivity contribution in [2.24, 2.45) is 0 Å². The number of pyridine rings is 1. The number of carbonyl (C=O) groups is 2. The molecule has 0 atom stereocenters. The fourth-order valence-corrected chi connectivity index (χ4v) is 9.61. The molecule has 3 aliphatic rings. The quantitative estimate of drug-likeness (QED) is 0.165. The minimum Gasteiger partial charge on any atom is -0.476 e. The lowest BCUT2D eigenvalue weighted by Crippen LogP contribution is -2.54. The number of anilines is 2. The highest BCUT2D eigenvalue weighted by Crippen LogP contribution is 2.40. The molecule has 0 unspecified atom stereocenters. The van der Waals surface area contributed by atoms with Crippen molar-refractivity contribution in [1.82, 2.24) is 19.4 Å². The third kappa shape index (κ3) is 6.35. The van der Waals surface area contributed by atoms with Crippen molar-refractivity contribution in [2.45, 2.75) is 83.3 Å². The average Bonchev–Trinajstić information content (AvgIpc) is 3.73. The number of benzene rings is 2. The van der Waals surface area contributed by atoms with Gasteiger partial charge in [0.25, 0.3) is 5.91 Å². The van der Waals surface area contributed by atoms with E-state index < -0.39 is 5.97 Å². The van der Waals surface area contributed by atoms with E-state index in [0.29, 0.717) is 47.3 Å². The van der Waals surface area contributed by atoms with Crippen LogP contribution in [0.15, 0.2) is 60.7 Å². The van der Waals surface area contributed by atoms with Gasteiger partial charge in [-0.15, -0.1) is 0 Å². The predicted molar refractivity (Wildman–Crippen MR) is 204 cm³/mol. The molecule has 1 saturated heterocycles. The fraction of sp³-hybridized carbons (Fsp3) is 0.390. The Morgan fingerprint density at radius 2 is 1.73 bits per heavy atom. The van der Waals surface area contributed by atoms with E-state index in [1.807, 2.05) is 72.5 Å². The maximum absolute atomic E-state index is 13.6. The van der Waals surface area contributed by atoms with Crippen LogP contribution in [-0.2, 0) is 19.5 Å². The number of hydrogen-bond acceptors (Lipinski definition) is 8. The van der Waals surface area contributed by atoms with Crippen molar-refractivity contribution in [3.05, 3.63) is 94.4 Å². The second-order valence-electron chi connectivity index (χ2n) is 14.5. The number of para-hydroxylation sites is 1. The number of thiazole rings is 1. The molecule has 0 radical (unpaired) electrons. The molecule has 2 aromatic carbocycles. The molecule has 2 N–H and O–H groups in total. The van der Waals surface area contributed by atoms with Gasteiger partial charge in [0.05, 0.1) is 10.2 Å². The van der Waals surface area contributed by atoms with Crippen LogP contribution in [0.2, 0.25) is 0 Å². The number of piperidine rings is 1. The lowest BCUT2D eigenvalue weighted by atomic mass is 9.79. The first-order chi connectivity index (χ1) is 25.3. The van der Waals surface area contributed by atoms with E-state index in [4.69, 9.17) is 4.98 Å². The zero-order valence-corrected chi connectivity index (χ0v) is 30.3. The van der Waals surface area contributed by atoms with Crippen molar-refractivity contribution >= 4 is 44.4 Å². The molecule has 2 aliphatic heterocycles. The lowest BCUT2D eigenvalue weighted by Gasteiger charge is -2.49. The summed E-state index contributed by atoms with van der Waals surface area (Å²) in [6, 6.07) is 21.5. The van der Waals surface area contributed by atoms with Crippen molar-refractivity contribution < 1.29 is 14.7 Å². The summed E-state index contributed by atoms with van der Waals surface area (Å²) >= 11 is 1.44. The summed E-state index contributed by atoms with van der Waals surface area (Å²) in [4.78, 5) is 40.5. The van der Waals surface area contributed by atoms with Gasteiger partial charge in [-0.05, 0) is 99.6 Å². The molecule has 11 heteroatoms. The third-order valence-electron chi connectivity index (χ3n) is 11.5. The number of amides is 1. The summed E-state index contributed by atoms with van der Waals surface area (Å²) < 4.78 is 3.14. The van der Waals surface area contributed by atoms with Gasteiger partial charge in [-0.3, -0.25) is 15.0 Å². The second kappa shape index (κ2) is 14.2. The highest BCUT2D eigenvalue weighted by Gasteiger charge is 2.40. The predicted octanol–water partition coefficient (Wildman–Crippen LogP) is 8.04. The van der Waals surface area contributed by atoms with Crippen LogP contribution in [0.5, 0.6) is 0 Å². The second-order valence-corrected chi connectivity index (χ2v) is 15.5.